The number of benzene rings is 2. The number of rotatable bonds is 8. The summed E-state index contributed by atoms with van der Waals surface area (Å²) in [6, 6.07) is 9.32. The van der Waals surface area contributed by atoms with E-state index in [0.29, 0.717) is 17.1 Å². The molecular formula is C22H22N2O8S. The Bertz CT molecular complexity index is 1210. The van der Waals surface area contributed by atoms with Gasteiger partial charge in [0, 0.05) is 18.2 Å². The molecule has 0 saturated carbocycles. The molecule has 174 valence electrons. The van der Waals surface area contributed by atoms with E-state index < -0.39 is 46.5 Å². The van der Waals surface area contributed by atoms with Crippen LogP contribution in [0.2, 0.25) is 0 Å². The van der Waals surface area contributed by atoms with E-state index in [-0.39, 0.29) is 17.7 Å². The maximum atomic E-state index is 13.2. The molecule has 1 saturated heterocycles. The van der Waals surface area contributed by atoms with Crippen molar-refractivity contribution in [2.24, 2.45) is 0 Å². The van der Waals surface area contributed by atoms with E-state index in [2.05, 4.69) is 0 Å². The zero-order valence-electron chi connectivity index (χ0n) is 18.2. The van der Waals surface area contributed by atoms with E-state index >= 15 is 0 Å². The highest BCUT2D eigenvalue weighted by Crippen LogP contribution is 2.35. The van der Waals surface area contributed by atoms with Gasteiger partial charge in [0.25, 0.3) is 21.9 Å². The van der Waals surface area contributed by atoms with Crippen molar-refractivity contribution in [2.75, 3.05) is 27.1 Å². The molecule has 0 bridgehead atoms. The Hall–Kier alpha value is -3.44. The quantitative estimate of drug-likeness (QED) is 0.316. The molecule has 3 amide bonds. The molecule has 0 aromatic heterocycles. The molecule has 2 aromatic rings. The number of hydrogen-bond donors (Lipinski definition) is 0. The summed E-state index contributed by atoms with van der Waals surface area (Å²) in [4.78, 5) is 41.2. The molecule has 11 heteroatoms. The lowest BCUT2D eigenvalue weighted by atomic mass is 9.92. The minimum absolute atomic E-state index is 0.0590. The SMILES string of the molecule is COc1ccc(CN2C(=O)[C@H](N3C(=O)c4ccccc4C3=O)[C@@H]2COS(C)(=O)=O)c(OC)c1. The van der Waals surface area contributed by atoms with Crippen LogP contribution in [0, 0.1) is 0 Å². The summed E-state index contributed by atoms with van der Waals surface area (Å²) in [6.45, 7) is -0.343. The van der Waals surface area contributed by atoms with Crippen molar-refractivity contribution in [3.8, 4) is 11.5 Å². The monoisotopic (exact) mass is 474 g/mol. The third kappa shape index (κ3) is 4.05. The average molecular weight is 474 g/mol. The molecule has 1 fully saturated rings. The lowest BCUT2D eigenvalue weighted by Gasteiger charge is -2.49. The first-order chi connectivity index (χ1) is 15.7. The topological polar surface area (TPSA) is 120 Å². The number of nitrogens with zero attached hydrogens (tertiary/aromatic N) is 2. The molecule has 0 unspecified atom stereocenters. The molecule has 2 aliphatic rings. The third-order valence-corrected chi connectivity index (χ3v) is 6.26. The number of hydrogen-bond acceptors (Lipinski definition) is 8. The predicted molar refractivity (Wildman–Crippen MR) is 115 cm³/mol. The first kappa shape index (κ1) is 22.7. The number of carbonyl (C=O) groups excluding carboxylic acids is 3. The van der Waals surface area contributed by atoms with Crippen LogP contribution in [0.4, 0.5) is 0 Å². The number of imide groups is 1. The lowest BCUT2D eigenvalue weighted by Crippen LogP contribution is -2.72. The van der Waals surface area contributed by atoms with Gasteiger partial charge in [0.15, 0.2) is 0 Å². The van der Waals surface area contributed by atoms with Crippen molar-refractivity contribution >= 4 is 27.8 Å². The number of ether oxygens (including phenoxy) is 2. The molecule has 2 atom stereocenters. The molecule has 33 heavy (non-hydrogen) atoms. The predicted octanol–water partition coefficient (Wildman–Crippen LogP) is 1.06. The third-order valence-electron chi connectivity index (χ3n) is 5.69. The second-order valence-electron chi connectivity index (χ2n) is 7.67. The van der Waals surface area contributed by atoms with E-state index in [1.807, 2.05) is 0 Å². The second kappa shape index (κ2) is 8.49. The van der Waals surface area contributed by atoms with Gasteiger partial charge in [-0.05, 0) is 24.3 Å². The van der Waals surface area contributed by atoms with Crippen LogP contribution in [0.1, 0.15) is 26.3 Å². The average Bonchev–Trinajstić information content (AvgIpc) is 3.04. The van der Waals surface area contributed by atoms with Crippen LogP contribution in [0.3, 0.4) is 0 Å². The van der Waals surface area contributed by atoms with Crippen LogP contribution in [-0.2, 0) is 25.6 Å². The van der Waals surface area contributed by atoms with Gasteiger partial charge in [0.2, 0.25) is 5.91 Å². The van der Waals surface area contributed by atoms with Crippen molar-refractivity contribution in [2.45, 2.75) is 18.6 Å². The summed E-state index contributed by atoms with van der Waals surface area (Å²) in [7, 11) is -0.839. The van der Waals surface area contributed by atoms with Crippen molar-refractivity contribution in [1.29, 1.82) is 0 Å². The highest BCUT2D eigenvalue weighted by molar-refractivity contribution is 7.85. The molecule has 2 heterocycles. The van der Waals surface area contributed by atoms with Crippen LogP contribution in [0.15, 0.2) is 42.5 Å². The molecule has 2 aromatic carbocycles. The van der Waals surface area contributed by atoms with Crippen LogP contribution in [0.5, 0.6) is 11.5 Å². The fourth-order valence-corrected chi connectivity index (χ4v) is 4.45. The van der Waals surface area contributed by atoms with E-state index in [4.69, 9.17) is 13.7 Å². The van der Waals surface area contributed by atoms with E-state index in [1.54, 1.807) is 30.3 Å². The zero-order valence-corrected chi connectivity index (χ0v) is 19.0. The summed E-state index contributed by atoms with van der Waals surface area (Å²) < 4.78 is 38.8. The smallest absolute Gasteiger partial charge is 0.264 e. The molecule has 2 aliphatic heterocycles. The summed E-state index contributed by atoms with van der Waals surface area (Å²) in [5, 5.41) is 0. The number of fused-ring (bicyclic) bond motifs is 1. The first-order valence-electron chi connectivity index (χ1n) is 9.99. The minimum atomic E-state index is -3.83. The minimum Gasteiger partial charge on any atom is -0.497 e. The van der Waals surface area contributed by atoms with Gasteiger partial charge >= 0.3 is 0 Å². The summed E-state index contributed by atoms with van der Waals surface area (Å²) in [5.41, 5.74) is 1.04. The summed E-state index contributed by atoms with van der Waals surface area (Å²) in [6.07, 6.45) is 0.890. The van der Waals surface area contributed by atoms with Crippen molar-refractivity contribution in [3.63, 3.8) is 0 Å². The van der Waals surface area contributed by atoms with Gasteiger partial charge < -0.3 is 14.4 Å². The molecule has 0 N–H and O–H groups in total. The molecule has 4 rings (SSSR count). The highest BCUT2D eigenvalue weighted by Gasteiger charge is 2.56. The van der Waals surface area contributed by atoms with Gasteiger partial charge in [0.1, 0.15) is 17.5 Å². The fourth-order valence-electron chi connectivity index (χ4n) is 4.06. The number of carbonyl (C=O) groups is 3. The Balaban J connectivity index is 1.64. The highest BCUT2D eigenvalue weighted by atomic mass is 32.2. The largest absolute Gasteiger partial charge is 0.497 e. The molecule has 0 radical (unpaired) electrons. The normalized spacial score (nSPS) is 20.0. The molecule has 0 spiro atoms. The zero-order chi connectivity index (χ0) is 23.9. The van der Waals surface area contributed by atoms with Crippen molar-refractivity contribution < 1.29 is 36.5 Å². The van der Waals surface area contributed by atoms with Crippen LogP contribution >= 0.6 is 0 Å². The Kier molecular flexibility index (Phi) is 5.85. The Morgan fingerprint density at radius 1 is 0.939 bits per heavy atom. The number of likely N-dealkylation sites (tertiary alicyclic amines) is 1. The van der Waals surface area contributed by atoms with Crippen LogP contribution < -0.4 is 9.47 Å². The number of methoxy groups -OCH3 is 2. The van der Waals surface area contributed by atoms with Crippen LogP contribution in [0.25, 0.3) is 0 Å². The van der Waals surface area contributed by atoms with Crippen LogP contribution in [-0.4, -0.2) is 75.1 Å². The van der Waals surface area contributed by atoms with Gasteiger partial charge in [-0.15, -0.1) is 0 Å². The van der Waals surface area contributed by atoms with Gasteiger partial charge in [-0.3, -0.25) is 23.5 Å². The molecule has 10 nitrogen and oxygen atoms in total. The molecular weight excluding hydrogens is 452 g/mol. The van der Waals surface area contributed by atoms with Crippen molar-refractivity contribution in [1.82, 2.24) is 9.80 Å². The van der Waals surface area contributed by atoms with E-state index in [9.17, 15) is 22.8 Å². The van der Waals surface area contributed by atoms with E-state index in [1.165, 1.54) is 31.3 Å². The van der Waals surface area contributed by atoms with Crippen molar-refractivity contribution in [3.05, 3.63) is 59.2 Å². The van der Waals surface area contributed by atoms with Gasteiger partial charge in [-0.1, -0.05) is 12.1 Å². The van der Waals surface area contributed by atoms with Gasteiger partial charge in [-0.2, -0.15) is 8.42 Å². The Morgan fingerprint density at radius 3 is 2.12 bits per heavy atom. The second-order valence-corrected chi connectivity index (χ2v) is 9.31. The number of β-lactam (4-membered cyclic amide) rings is 1. The van der Waals surface area contributed by atoms with E-state index in [0.717, 1.165) is 11.2 Å². The summed E-state index contributed by atoms with van der Waals surface area (Å²) >= 11 is 0. The maximum Gasteiger partial charge on any atom is 0.264 e. The van der Waals surface area contributed by atoms with Gasteiger partial charge in [-0.25, -0.2) is 0 Å². The Labute approximate surface area is 190 Å². The standard InChI is InChI=1S/C22H22N2O8S/c1-30-14-9-8-13(18(10-14)31-2)11-23-17(12-32-33(3,28)29)19(22(23)27)24-20(25)15-6-4-5-7-16(15)21(24)26/h4-10,17,19H,11-12H2,1-3H3/t17-,19+/m0/s1. The Morgan fingerprint density at radius 2 is 1.58 bits per heavy atom. The fraction of sp³-hybridized carbons (Fsp3) is 0.318. The molecule has 0 aliphatic carbocycles. The lowest BCUT2D eigenvalue weighted by molar-refractivity contribution is -0.158. The first-order valence-corrected chi connectivity index (χ1v) is 11.8. The van der Waals surface area contributed by atoms with Gasteiger partial charge in [0.05, 0.1) is 44.3 Å². The number of amides is 3. The summed E-state index contributed by atoms with van der Waals surface area (Å²) in [5.74, 6) is -0.662. The maximum absolute atomic E-state index is 13.2.